The van der Waals surface area contributed by atoms with E-state index >= 15 is 0 Å². The number of rotatable bonds is 8. The highest BCUT2D eigenvalue weighted by Crippen LogP contribution is 2.13. The molecule has 118 valence electrons. The zero-order chi connectivity index (χ0) is 15.7. The number of carbonyl (C=O) groups is 1. The number of hydrogen-bond acceptors (Lipinski definition) is 3. The van der Waals surface area contributed by atoms with Gasteiger partial charge in [-0.05, 0) is 44.4 Å². The predicted molar refractivity (Wildman–Crippen MR) is 83.6 cm³/mol. The normalized spacial score (nSPS) is 13.3. The summed E-state index contributed by atoms with van der Waals surface area (Å²) in [7, 11) is 0. The van der Waals surface area contributed by atoms with Gasteiger partial charge in [0.25, 0.3) is 0 Å². The Bertz CT molecular complexity index is 437. The third-order valence-corrected chi connectivity index (χ3v) is 3.11. The van der Waals surface area contributed by atoms with Crippen LogP contribution in [0.25, 0.3) is 0 Å². The van der Waals surface area contributed by atoms with Crippen LogP contribution in [0.3, 0.4) is 0 Å². The Kier molecular flexibility index (Phi) is 7.61. The van der Waals surface area contributed by atoms with E-state index in [4.69, 9.17) is 4.74 Å². The molecule has 0 radical (unpaired) electrons. The van der Waals surface area contributed by atoms with Crippen LogP contribution in [0.15, 0.2) is 24.3 Å². The van der Waals surface area contributed by atoms with E-state index in [1.54, 1.807) is 0 Å². The molecule has 2 amide bonds. The molecule has 0 fully saturated rings. The summed E-state index contributed by atoms with van der Waals surface area (Å²) in [6, 6.07) is 7.57. The van der Waals surface area contributed by atoms with Crippen molar-refractivity contribution in [1.29, 1.82) is 0 Å². The van der Waals surface area contributed by atoms with Gasteiger partial charge >= 0.3 is 6.03 Å². The number of ether oxygens (including phenoxy) is 1. The third-order valence-electron chi connectivity index (χ3n) is 3.11. The maximum absolute atomic E-state index is 11.6. The van der Waals surface area contributed by atoms with Gasteiger partial charge < -0.3 is 20.5 Å². The predicted octanol–water partition coefficient (Wildman–Crippen LogP) is 2.22. The Hall–Kier alpha value is -1.75. The molecule has 0 bridgehead atoms. The molecule has 0 aliphatic rings. The Morgan fingerprint density at radius 3 is 2.81 bits per heavy atom. The molecule has 2 atom stereocenters. The summed E-state index contributed by atoms with van der Waals surface area (Å²) in [4.78, 5) is 11.6. The Balaban J connectivity index is 2.20. The second-order valence-corrected chi connectivity index (χ2v) is 5.23. The van der Waals surface area contributed by atoms with Crippen molar-refractivity contribution in [2.24, 2.45) is 0 Å². The lowest BCUT2D eigenvalue weighted by Crippen LogP contribution is -2.41. The molecule has 0 heterocycles. The van der Waals surface area contributed by atoms with Crippen molar-refractivity contribution in [3.8, 4) is 5.75 Å². The van der Waals surface area contributed by atoms with Crippen LogP contribution in [0.1, 0.15) is 32.3 Å². The highest BCUT2D eigenvalue weighted by Gasteiger charge is 2.07. The summed E-state index contributed by atoms with van der Waals surface area (Å²) >= 11 is 0. The Labute approximate surface area is 126 Å². The fraction of sp³-hybridized carbons (Fsp3) is 0.562. The second kappa shape index (κ2) is 9.23. The minimum atomic E-state index is -0.353. The van der Waals surface area contributed by atoms with Crippen molar-refractivity contribution < 1.29 is 14.6 Å². The molecular weight excluding hydrogens is 268 g/mol. The lowest BCUT2D eigenvalue weighted by atomic mass is 10.2. The van der Waals surface area contributed by atoms with E-state index in [0.29, 0.717) is 25.9 Å². The molecule has 1 rings (SSSR count). The molecule has 0 aliphatic heterocycles. The van der Waals surface area contributed by atoms with Crippen molar-refractivity contribution in [3.05, 3.63) is 29.8 Å². The fourth-order valence-electron chi connectivity index (χ4n) is 1.82. The zero-order valence-electron chi connectivity index (χ0n) is 13.1. The number of aliphatic hydroxyl groups excluding tert-OH is 1. The minimum Gasteiger partial charge on any atom is -0.489 e. The van der Waals surface area contributed by atoms with Gasteiger partial charge in [-0.15, -0.1) is 0 Å². The first-order chi connectivity index (χ1) is 10.0. The van der Waals surface area contributed by atoms with Crippen molar-refractivity contribution in [2.75, 3.05) is 13.1 Å². The van der Waals surface area contributed by atoms with Crippen LogP contribution in [-0.2, 0) is 0 Å². The van der Waals surface area contributed by atoms with Crippen LogP contribution < -0.4 is 15.4 Å². The van der Waals surface area contributed by atoms with Crippen LogP contribution >= 0.6 is 0 Å². The lowest BCUT2D eigenvalue weighted by molar-refractivity contribution is 0.159. The van der Waals surface area contributed by atoms with E-state index < -0.39 is 0 Å². The van der Waals surface area contributed by atoms with Crippen molar-refractivity contribution in [2.45, 2.75) is 45.8 Å². The van der Waals surface area contributed by atoms with Gasteiger partial charge in [-0.2, -0.15) is 0 Å². The van der Waals surface area contributed by atoms with Gasteiger partial charge in [-0.25, -0.2) is 4.79 Å². The van der Waals surface area contributed by atoms with Crippen molar-refractivity contribution >= 4 is 6.03 Å². The minimum absolute atomic E-state index is 0.112. The number of aryl methyl sites for hydroxylation is 1. The molecule has 1 aromatic carbocycles. The summed E-state index contributed by atoms with van der Waals surface area (Å²) in [5.41, 5.74) is 1.14. The summed E-state index contributed by atoms with van der Waals surface area (Å²) in [5, 5.41) is 14.8. The van der Waals surface area contributed by atoms with E-state index in [1.165, 1.54) is 0 Å². The van der Waals surface area contributed by atoms with Crippen molar-refractivity contribution in [1.82, 2.24) is 10.6 Å². The highest BCUT2D eigenvalue weighted by atomic mass is 16.5. The van der Waals surface area contributed by atoms with Gasteiger partial charge in [0.05, 0.1) is 12.6 Å². The summed E-state index contributed by atoms with van der Waals surface area (Å²) < 4.78 is 5.72. The summed E-state index contributed by atoms with van der Waals surface area (Å²) in [6.07, 6.45) is 0.803. The smallest absolute Gasteiger partial charge is 0.314 e. The van der Waals surface area contributed by atoms with Crippen LogP contribution in [0.2, 0.25) is 0 Å². The molecule has 2 unspecified atom stereocenters. The zero-order valence-corrected chi connectivity index (χ0v) is 13.1. The van der Waals surface area contributed by atoms with E-state index in [9.17, 15) is 9.90 Å². The number of amides is 2. The fourth-order valence-corrected chi connectivity index (χ4v) is 1.82. The van der Waals surface area contributed by atoms with E-state index in [1.807, 2.05) is 45.0 Å². The SMILES string of the molecule is CCC(O)CCNC(=O)NCC(C)Oc1cccc(C)c1. The highest BCUT2D eigenvalue weighted by molar-refractivity contribution is 5.73. The maximum Gasteiger partial charge on any atom is 0.314 e. The van der Waals surface area contributed by atoms with Crippen LogP contribution in [0.5, 0.6) is 5.75 Å². The molecule has 0 saturated carbocycles. The third kappa shape index (κ3) is 7.56. The van der Waals surface area contributed by atoms with E-state index in [2.05, 4.69) is 10.6 Å². The van der Waals surface area contributed by atoms with E-state index in [-0.39, 0.29) is 18.2 Å². The second-order valence-electron chi connectivity index (χ2n) is 5.23. The number of benzene rings is 1. The average Bonchev–Trinajstić information content (AvgIpc) is 2.45. The average molecular weight is 294 g/mol. The monoisotopic (exact) mass is 294 g/mol. The summed E-state index contributed by atoms with van der Waals surface area (Å²) in [6.45, 7) is 6.72. The number of carbonyl (C=O) groups excluding carboxylic acids is 1. The molecule has 5 nitrogen and oxygen atoms in total. The van der Waals surface area contributed by atoms with Gasteiger partial charge in [0.2, 0.25) is 0 Å². The van der Waals surface area contributed by atoms with Gasteiger partial charge in [-0.1, -0.05) is 19.1 Å². The quantitative estimate of drug-likeness (QED) is 0.688. The molecule has 0 aromatic heterocycles. The van der Waals surface area contributed by atoms with Gasteiger partial charge in [0.15, 0.2) is 0 Å². The molecule has 1 aromatic rings. The molecule has 5 heteroatoms. The summed E-state index contributed by atoms with van der Waals surface area (Å²) in [5.74, 6) is 0.802. The lowest BCUT2D eigenvalue weighted by Gasteiger charge is -2.16. The largest absolute Gasteiger partial charge is 0.489 e. The van der Waals surface area contributed by atoms with Crippen LogP contribution in [0.4, 0.5) is 4.79 Å². The van der Waals surface area contributed by atoms with Gasteiger partial charge in [0.1, 0.15) is 11.9 Å². The van der Waals surface area contributed by atoms with Gasteiger partial charge in [-0.3, -0.25) is 0 Å². The number of nitrogens with one attached hydrogen (secondary N) is 2. The first kappa shape index (κ1) is 17.3. The first-order valence-electron chi connectivity index (χ1n) is 7.44. The molecular formula is C16H26N2O3. The van der Waals surface area contributed by atoms with Gasteiger partial charge in [0, 0.05) is 6.54 Å². The van der Waals surface area contributed by atoms with Crippen LogP contribution in [0, 0.1) is 6.92 Å². The number of urea groups is 1. The molecule has 0 saturated heterocycles. The Morgan fingerprint density at radius 1 is 1.38 bits per heavy atom. The number of aliphatic hydroxyl groups is 1. The molecule has 3 N–H and O–H groups in total. The molecule has 0 spiro atoms. The number of hydrogen-bond donors (Lipinski definition) is 3. The van der Waals surface area contributed by atoms with Crippen LogP contribution in [-0.4, -0.2) is 36.4 Å². The molecule has 21 heavy (non-hydrogen) atoms. The first-order valence-corrected chi connectivity index (χ1v) is 7.44. The molecule has 0 aliphatic carbocycles. The van der Waals surface area contributed by atoms with Crippen molar-refractivity contribution in [3.63, 3.8) is 0 Å². The van der Waals surface area contributed by atoms with E-state index in [0.717, 1.165) is 11.3 Å². The topological polar surface area (TPSA) is 70.6 Å². The standard InChI is InChI=1S/C16H26N2O3/c1-4-14(19)8-9-17-16(20)18-11-13(3)21-15-7-5-6-12(2)10-15/h5-7,10,13-14,19H,4,8-9,11H2,1-3H3,(H2,17,18,20). The Morgan fingerprint density at radius 2 is 2.14 bits per heavy atom. The maximum atomic E-state index is 11.6.